The number of hydrogen-bond acceptors (Lipinski definition) is 6. The molecule has 1 unspecified atom stereocenters. The zero-order valence-electron chi connectivity index (χ0n) is 13.2. The van der Waals surface area contributed by atoms with E-state index in [9.17, 15) is 14.4 Å². The van der Waals surface area contributed by atoms with Crippen molar-refractivity contribution in [3.8, 4) is 0 Å². The first-order valence-corrected chi connectivity index (χ1v) is 9.76. The maximum Gasteiger partial charge on any atom is 0.238 e. The Kier molecular flexibility index (Phi) is 6.35. The van der Waals surface area contributed by atoms with Crippen molar-refractivity contribution in [3.05, 3.63) is 0 Å². The molecule has 1 amide bonds. The number of likely N-dealkylation sites (N-methyl/N-ethyl adjacent to an activating group) is 1. The summed E-state index contributed by atoms with van der Waals surface area (Å²) in [5, 5.41) is 2.78. The second-order valence-electron chi connectivity index (χ2n) is 5.97. The predicted octanol–water partition coefficient (Wildman–Crippen LogP) is 1.31. The Labute approximate surface area is 140 Å². The van der Waals surface area contributed by atoms with Gasteiger partial charge in [0, 0.05) is 6.54 Å². The lowest BCUT2D eigenvalue weighted by molar-refractivity contribution is -0.134. The first kappa shape index (κ1) is 17.8. The van der Waals surface area contributed by atoms with Crippen LogP contribution in [0.4, 0.5) is 0 Å². The van der Waals surface area contributed by atoms with Gasteiger partial charge in [-0.1, -0.05) is 13.3 Å². The fraction of sp³-hybridized carbons (Fsp3) is 0.800. The fourth-order valence-corrected chi connectivity index (χ4v) is 6.53. The monoisotopic (exact) mass is 344 g/mol. The van der Waals surface area contributed by atoms with Gasteiger partial charge in [-0.05, 0) is 37.8 Å². The first-order chi connectivity index (χ1) is 10.5. The van der Waals surface area contributed by atoms with Crippen LogP contribution in [0.25, 0.3) is 0 Å². The van der Waals surface area contributed by atoms with E-state index in [1.165, 1.54) is 6.42 Å². The summed E-state index contributed by atoms with van der Waals surface area (Å²) in [4.78, 5) is 37.0. The van der Waals surface area contributed by atoms with Gasteiger partial charge in [-0.3, -0.25) is 19.3 Å². The summed E-state index contributed by atoms with van der Waals surface area (Å²) < 4.78 is 0.115. The molecule has 22 heavy (non-hydrogen) atoms. The normalized spacial score (nSPS) is 25.8. The quantitative estimate of drug-likeness (QED) is 0.579. The molecule has 1 N–H and O–H groups in total. The molecule has 2 heterocycles. The first-order valence-electron chi connectivity index (χ1n) is 7.79. The lowest BCUT2D eigenvalue weighted by Crippen LogP contribution is -2.48. The smallest absolute Gasteiger partial charge is 0.238 e. The Bertz CT molecular complexity index is 439. The molecule has 0 saturated carbocycles. The minimum absolute atomic E-state index is 0.115. The number of carbonyl (C=O) groups excluding carboxylic acids is 3. The number of ketones is 1. The molecule has 2 aliphatic rings. The third-order valence-electron chi connectivity index (χ3n) is 4.20. The summed E-state index contributed by atoms with van der Waals surface area (Å²) in [7, 11) is 1.96. The van der Waals surface area contributed by atoms with Crippen LogP contribution in [0.1, 0.15) is 32.6 Å². The summed E-state index contributed by atoms with van der Waals surface area (Å²) in [6.45, 7) is 2.82. The van der Waals surface area contributed by atoms with E-state index in [1.54, 1.807) is 0 Å². The highest BCUT2D eigenvalue weighted by Crippen LogP contribution is 2.49. The molecule has 0 bridgehead atoms. The number of rotatable bonds is 6. The molecule has 1 spiro atoms. The van der Waals surface area contributed by atoms with Crippen LogP contribution < -0.4 is 5.32 Å². The van der Waals surface area contributed by atoms with Crippen molar-refractivity contribution in [1.29, 1.82) is 0 Å². The molecule has 0 aromatic carbocycles. The van der Waals surface area contributed by atoms with Crippen LogP contribution in [0, 0.1) is 0 Å². The Morgan fingerprint density at radius 2 is 2.09 bits per heavy atom. The molecule has 0 aromatic heterocycles. The highest BCUT2D eigenvalue weighted by molar-refractivity contribution is 8.18. The minimum Gasteiger partial charge on any atom is -0.344 e. The van der Waals surface area contributed by atoms with Gasteiger partial charge in [-0.15, -0.1) is 23.5 Å². The van der Waals surface area contributed by atoms with Gasteiger partial charge in [0.15, 0.2) is 6.29 Å². The number of nitrogens with zero attached hydrogens (tertiary/aromatic N) is 1. The topological polar surface area (TPSA) is 66.5 Å². The van der Waals surface area contributed by atoms with Crippen molar-refractivity contribution in [3.63, 3.8) is 0 Å². The number of nitrogens with one attached hydrogen (secondary N) is 1. The van der Waals surface area contributed by atoms with Crippen LogP contribution in [0.15, 0.2) is 0 Å². The third-order valence-corrected chi connectivity index (χ3v) is 7.54. The van der Waals surface area contributed by atoms with Crippen LogP contribution in [0.5, 0.6) is 0 Å². The van der Waals surface area contributed by atoms with E-state index in [0.29, 0.717) is 12.7 Å². The van der Waals surface area contributed by atoms with E-state index in [0.717, 1.165) is 30.9 Å². The van der Waals surface area contributed by atoms with Gasteiger partial charge in [-0.2, -0.15) is 0 Å². The fourth-order valence-electron chi connectivity index (χ4n) is 3.05. The second-order valence-corrected chi connectivity index (χ2v) is 9.18. The summed E-state index contributed by atoms with van der Waals surface area (Å²) in [6.07, 6.45) is 3.60. The number of likely N-dealkylation sites (tertiary alicyclic amines) is 1. The van der Waals surface area contributed by atoms with E-state index < -0.39 is 11.8 Å². The molecule has 2 rings (SSSR count). The molecule has 0 aromatic rings. The van der Waals surface area contributed by atoms with Gasteiger partial charge >= 0.3 is 0 Å². The van der Waals surface area contributed by atoms with Gasteiger partial charge < -0.3 is 5.32 Å². The number of carbonyl (C=O) groups is 3. The van der Waals surface area contributed by atoms with Gasteiger partial charge in [-0.25, -0.2) is 0 Å². The van der Waals surface area contributed by atoms with Crippen molar-refractivity contribution in [2.75, 3.05) is 25.1 Å². The number of thioether (sulfide) groups is 2. The standard InChI is InChI=1S/C15H24N2O3S2/c1-3-5-11(13(19)9-18)16-14(20)12-8-15(10-17(12)2)21-6-4-7-22-15/h9,11-12H,3-8,10H2,1-2H3,(H,16,20)/t11?,12-/m0/s1. The maximum absolute atomic E-state index is 12.5. The summed E-state index contributed by atoms with van der Waals surface area (Å²) >= 11 is 3.91. The molecule has 2 saturated heterocycles. The van der Waals surface area contributed by atoms with Gasteiger partial charge in [0.1, 0.15) is 0 Å². The Hall–Kier alpha value is -0.530. The Balaban J connectivity index is 1.99. The van der Waals surface area contributed by atoms with Gasteiger partial charge in [0.05, 0.1) is 16.2 Å². The van der Waals surface area contributed by atoms with Gasteiger partial charge in [0.2, 0.25) is 11.7 Å². The zero-order chi connectivity index (χ0) is 16.2. The summed E-state index contributed by atoms with van der Waals surface area (Å²) in [5.74, 6) is 1.64. The molecule has 7 heteroatoms. The number of Topliss-reactive ketones (excluding diaryl/α,β-unsaturated/α-hetero) is 1. The molecule has 124 valence electrons. The van der Waals surface area contributed by atoms with Crippen LogP contribution in [0.2, 0.25) is 0 Å². The van der Waals surface area contributed by atoms with Crippen LogP contribution in [-0.2, 0) is 14.4 Å². The average Bonchev–Trinajstić information content (AvgIpc) is 2.83. The average molecular weight is 345 g/mol. The van der Waals surface area contributed by atoms with Crippen molar-refractivity contribution in [2.45, 2.75) is 48.8 Å². The van der Waals surface area contributed by atoms with E-state index in [1.807, 2.05) is 37.5 Å². The molecule has 2 atom stereocenters. The largest absolute Gasteiger partial charge is 0.344 e. The number of amides is 1. The third kappa shape index (κ3) is 4.06. The van der Waals surface area contributed by atoms with Crippen molar-refractivity contribution < 1.29 is 14.4 Å². The molecular formula is C15H24N2O3S2. The summed E-state index contributed by atoms with van der Waals surface area (Å²) in [6, 6.07) is -0.886. The minimum atomic E-state index is -0.674. The van der Waals surface area contributed by atoms with Crippen LogP contribution in [0.3, 0.4) is 0 Å². The molecule has 5 nitrogen and oxygen atoms in total. The van der Waals surface area contributed by atoms with E-state index in [2.05, 4.69) is 10.2 Å². The number of hydrogen-bond donors (Lipinski definition) is 1. The van der Waals surface area contributed by atoms with Crippen molar-refractivity contribution in [1.82, 2.24) is 10.2 Å². The Morgan fingerprint density at radius 3 is 2.68 bits per heavy atom. The SMILES string of the molecule is CCCC(NC(=O)[C@@H]1CC2(CN1C)SCCCS2)C(=O)C=O. The van der Waals surface area contributed by atoms with Crippen LogP contribution in [-0.4, -0.2) is 64.1 Å². The van der Waals surface area contributed by atoms with E-state index in [4.69, 9.17) is 0 Å². The molecule has 2 aliphatic heterocycles. The van der Waals surface area contributed by atoms with Crippen LogP contribution >= 0.6 is 23.5 Å². The second kappa shape index (κ2) is 7.84. The molecule has 2 fully saturated rings. The van der Waals surface area contributed by atoms with Crippen molar-refractivity contribution >= 4 is 41.5 Å². The molecule has 0 aliphatic carbocycles. The zero-order valence-corrected chi connectivity index (χ0v) is 14.8. The van der Waals surface area contributed by atoms with E-state index in [-0.39, 0.29) is 16.0 Å². The van der Waals surface area contributed by atoms with E-state index >= 15 is 0 Å². The van der Waals surface area contributed by atoms with Crippen molar-refractivity contribution in [2.24, 2.45) is 0 Å². The maximum atomic E-state index is 12.5. The molecule has 0 radical (unpaired) electrons. The lowest BCUT2D eigenvalue weighted by Gasteiger charge is -2.31. The highest BCUT2D eigenvalue weighted by atomic mass is 32.2. The summed E-state index contributed by atoms with van der Waals surface area (Å²) in [5.41, 5.74) is 0. The molecular weight excluding hydrogens is 320 g/mol. The number of aldehydes is 1. The Morgan fingerprint density at radius 1 is 1.41 bits per heavy atom. The highest BCUT2D eigenvalue weighted by Gasteiger charge is 2.47. The van der Waals surface area contributed by atoms with Gasteiger partial charge in [0.25, 0.3) is 0 Å². The predicted molar refractivity (Wildman–Crippen MR) is 91.2 cm³/mol. The lowest BCUT2D eigenvalue weighted by atomic mass is 10.1.